The second-order valence-corrected chi connectivity index (χ2v) is 5.85. The average Bonchev–Trinajstić information content (AvgIpc) is 3.09. The lowest BCUT2D eigenvalue weighted by atomic mass is 10.2. The molecule has 0 radical (unpaired) electrons. The number of unbranched alkanes of at least 4 members (excludes halogenated alkanes) is 1. The number of ether oxygens (including phenoxy) is 1. The molecule has 26 heavy (non-hydrogen) atoms. The molecular formula is C20H19N3O3. The van der Waals surface area contributed by atoms with E-state index < -0.39 is 0 Å². The number of carbonyl (C=O) groups excluding carboxylic acids is 1. The Morgan fingerprint density at radius 1 is 1.19 bits per heavy atom. The number of fused-ring (bicyclic) bond motifs is 1. The smallest absolute Gasteiger partial charge is 0.220 e. The third-order valence-electron chi connectivity index (χ3n) is 3.94. The lowest BCUT2D eigenvalue weighted by Gasteiger charge is -2.06. The maximum Gasteiger partial charge on any atom is 0.220 e. The van der Waals surface area contributed by atoms with Gasteiger partial charge >= 0.3 is 0 Å². The number of benzene rings is 2. The average molecular weight is 349 g/mol. The van der Waals surface area contributed by atoms with E-state index in [9.17, 15) is 4.79 Å². The highest BCUT2D eigenvalue weighted by atomic mass is 16.5. The summed E-state index contributed by atoms with van der Waals surface area (Å²) in [4.78, 5) is 11.9. The molecule has 0 fully saturated rings. The molecule has 0 atom stereocenters. The van der Waals surface area contributed by atoms with Crippen LogP contribution in [0.3, 0.4) is 0 Å². The number of rotatable bonds is 8. The number of amides is 1. The first-order valence-corrected chi connectivity index (χ1v) is 8.49. The van der Waals surface area contributed by atoms with Gasteiger partial charge in [0.05, 0.1) is 24.8 Å². The quantitative estimate of drug-likeness (QED) is 0.628. The normalized spacial score (nSPS) is 10.4. The molecule has 0 aliphatic carbocycles. The van der Waals surface area contributed by atoms with Crippen LogP contribution in [-0.2, 0) is 11.3 Å². The molecule has 3 rings (SSSR count). The maximum absolute atomic E-state index is 11.9. The molecule has 1 N–H and O–H groups in total. The van der Waals surface area contributed by atoms with Gasteiger partial charge in [0, 0.05) is 11.8 Å². The van der Waals surface area contributed by atoms with E-state index in [-0.39, 0.29) is 5.91 Å². The van der Waals surface area contributed by atoms with E-state index in [0.717, 1.165) is 29.5 Å². The van der Waals surface area contributed by atoms with Gasteiger partial charge in [-0.25, -0.2) is 0 Å². The molecule has 132 valence electrons. The lowest BCUT2D eigenvalue weighted by Crippen LogP contribution is -2.22. The topological polar surface area (TPSA) is 88.1 Å². The highest BCUT2D eigenvalue weighted by molar-refractivity contribution is 5.80. The van der Waals surface area contributed by atoms with Crippen molar-refractivity contribution in [3.05, 3.63) is 59.8 Å². The van der Waals surface area contributed by atoms with Gasteiger partial charge in [0.25, 0.3) is 0 Å². The summed E-state index contributed by atoms with van der Waals surface area (Å²) < 4.78 is 10.8. The van der Waals surface area contributed by atoms with Crippen molar-refractivity contribution in [1.29, 1.82) is 5.26 Å². The van der Waals surface area contributed by atoms with Gasteiger partial charge in [0.2, 0.25) is 5.91 Å². The van der Waals surface area contributed by atoms with E-state index in [2.05, 4.69) is 16.5 Å². The van der Waals surface area contributed by atoms with Crippen LogP contribution in [0.5, 0.6) is 5.75 Å². The van der Waals surface area contributed by atoms with E-state index >= 15 is 0 Å². The fourth-order valence-corrected chi connectivity index (χ4v) is 2.57. The first-order valence-electron chi connectivity index (χ1n) is 8.49. The monoisotopic (exact) mass is 349 g/mol. The van der Waals surface area contributed by atoms with Gasteiger partial charge in [0.15, 0.2) is 5.58 Å². The summed E-state index contributed by atoms with van der Waals surface area (Å²) in [6.45, 7) is 0.864. The number of nitrogens with zero attached hydrogens (tertiary/aromatic N) is 2. The number of carbonyl (C=O) groups is 1. The van der Waals surface area contributed by atoms with Gasteiger partial charge in [-0.2, -0.15) is 5.26 Å². The summed E-state index contributed by atoms with van der Waals surface area (Å²) in [6.07, 6.45) is 1.91. The predicted molar refractivity (Wildman–Crippen MR) is 96.4 cm³/mol. The number of nitriles is 1. The standard InChI is InChI=1S/C20H19N3O3/c21-13-15-6-5-7-16(12-15)25-11-4-3-10-20(24)22-14-18-17-8-1-2-9-19(17)26-23-18/h1-2,5-9,12H,3-4,10-11,14H2,(H,22,24). The zero-order chi connectivity index (χ0) is 18.2. The number of hydrogen-bond donors (Lipinski definition) is 1. The zero-order valence-electron chi connectivity index (χ0n) is 14.3. The van der Waals surface area contributed by atoms with Crippen LogP contribution in [0.25, 0.3) is 11.0 Å². The number of nitrogens with one attached hydrogen (secondary N) is 1. The van der Waals surface area contributed by atoms with Crippen molar-refractivity contribution in [1.82, 2.24) is 10.5 Å². The van der Waals surface area contributed by atoms with Gasteiger partial charge in [0.1, 0.15) is 11.4 Å². The molecule has 1 heterocycles. The minimum Gasteiger partial charge on any atom is -0.494 e. The zero-order valence-corrected chi connectivity index (χ0v) is 14.3. The van der Waals surface area contributed by atoms with Crippen molar-refractivity contribution >= 4 is 16.9 Å². The Morgan fingerprint density at radius 3 is 2.96 bits per heavy atom. The molecule has 0 unspecified atom stereocenters. The van der Waals surface area contributed by atoms with Crippen LogP contribution in [0.15, 0.2) is 53.1 Å². The Morgan fingerprint density at radius 2 is 2.08 bits per heavy atom. The third-order valence-corrected chi connectivity index (χ3v) is 3.94. The fourth-order valence-electron chi connectivity index (χ4n) is 2.57. The summed E-state index contributed by atoms with van der Waals surface area (Å²) >= 11 is 0. The summed E-state index contributed by atoms with van der Waals surface area (Å²) in [5.74, 6) is 0.648. The SMILES string of the molecule is N#Cc1cccc(OCCCCC(=O)NCc2noc3ccccc23)c1. The summed E-state index contributed by atoms with van der Waals surface area (Å²) in [5.41, 5.74) is 2.02. The van der Waals surface area contributed by atoms with Crippen LogP contribution in [0, 0.1) is 11.3 Å². The molecule has 1 amide bonds. The van der Waals surface area contributed by atoms with E-state index in [1.165, 1.54) is 0 Å². The van der Waals surface area contributed by atoms with Gasteiger partial charge < -0.3 is 14.6 Å². The third kappa shape index (κ3) is 4.61. The van der Waals surface area contributed by atoms with Crippen molar-refractivity contribution < 1.29 is 14.1 Å². The van der Waals surface area contributed by atoms with Crippen molar-refractivity contribution in [3.8, 4) is 11.8 Å². The first kappa shape index (κ1) is 17.5. The highest BCUT2D eigenvalue weighted by Crippen LogP contribution is 2.17. The molecule has 6 heteroatoms. The lowest BCUT2D eigenvalue weighted by molar-refractivity contribution is -0.121. The molecule has 0 bridgehead atoms. The summed E-state index contributed by atoms with van der Waals surface area (Å²) in [5, 5.41) is 16.6. The van der Waals surface area contributed by atoms with Crippen LogP contribution in [0.2, 0.25) is 0 Å². The van der Waals surface area contributed by atoms with Crippen molar-refractivity contribution in [2.75, 3.05) is 6.61 Å². The molecule has 0 saturated carbocycles. The van der Waals surface area contributed by atoms with Crippen LogP contribution < -0.4 is 10.1 Å². The molecule has 0 saturated heterocycles. The maximum atomic E-state index is 11.9. The number of hydrogen-bond acceptors (Lipinski definition) is 5. The van der Waals surface area contributed by atoms with Gasteiger partial charge in [-0.05, 0) is 43.2 Å². The molecule has 6 nitrogen and oxygen atoms in total. The van der Waals surface area contributed by atoms with E-state index in [0.29, 0.717) is 30.9 Å². The minimum absolute atomic E-state index is 0.0245. The largest absolute Gasteiger partial charge is 0.494 e. The molecule has 0 aliphatic rings. The van der Waals surface area contributed by atoms with Crippen LogP contribution in [0.1, 0.15) is 30.5 Å². The van der Waals surface area contributed by atoms with Gasteiger partial charge in [-0.15, -0.1) is 0 Å². The van der Waals surface area contributed by atoms with E-state index in [1.807, 2.05) is 30.3 Å². The summed E-state index contributed by atoms with van der Waals surface area (Å²) in [7, 11) is 0. The van der Waals surface area contributed by atoms with E-state index in [4.69, 9.17) is 14.5 Å². The molecule has 1 aromatic heterocycles. The van der Waals surface area contributed by atoms with Crippen molar-refractivity contribution in [2.24, 2.45) is 0 Å². The molecule has 3 aromatic rings. The second-order valence-electron chi connectivity index (χ2n) is 5.85. The van der Waals surface area contributed by atoms with Gasteiger partial charge in [-0.3, -0.25) is 4.79 Å². The first-order chi connectivity index (χ1) is 12.8. The molecule has 0 spiro atoms. The van der Waals surface area contributed by atoms with Crippen molar-refractivity contribution in [3.63, 3.8) is 0 Å². The van der Waals surface area contributed by atoms with Crippen LogP contribution >= 0.6 is 0 Å². The fraction of sp³-hybridized carbons (Fsp3) is 0.250. The molecule has 0 aliphatic heterocycles. The Bertz CT molecular complexity index is 927. The number of aromatic nitrogens is 1. The molecule has 2 aromatic carbocycles. The van der Waals surface area contributed by atoms with Crippen molar-refractivity contribution in [2.45, 2.75) is 25.8 Å². The Balaban J connectivity index is 1.35. The second kappa shape index (κ2) is 8.67. The molecular weight excluding hydrogens is 330 g/mol. The Hall–Kier alpha value is -3.33. The Labute approximate surface area is 151 Å². The minimum atomic E-state index is -0.0245. The van der Waals surface area contributed by atoms with Crippen LogP contribution in [0.4, 0.5) is 0 Å². The Kier molecular flexibility index (Phi) is 5.84. The highest BCUT2D eigenvalue weighted by Gasteiger charge is 2.08. The van der Waals surface area contributed by atoms with E-state index in [1.54, 1.807) is 18.2 Å². The van der Waals surface area contributed by atoms with Gasteiger partial charge in [-0.1, -0.05) is 23.4 Å². The van der Waals surface area contributed by atoms with Crippen LogP contribution in [-0.4, -0.2) is 17.7 Å². The predicted octanol–water partition coefficient (Wildman–Crippen LogP) is 3.56. The number of para-hydroxylation sites is 1. The summed E-state index contributed by atoms with van der Waals surface area (Å²) in [6, 6.07) is 16.7.